The van der Waals surface area contributed by atoms with E-state index in [0.29, 0.717) is 48.9 Å². The van der Waals surface area contributed by atoms with Gasteiger partial charge in [-0.3, -0.25) is 4.79 Å². The number of hydrogen-bond donors (Lipinski definition) is 1. The van der Waals surface area contributed by atoms with Crippen LogP contribution in [0.5, 0.6) is 0 Å². The Hall–Kier alpha value is -1.45. The Labute approximate surface area is 206 Å². The molecule has 0 heterocycles. The fourth-order valence-electron chi connectivity index (χ4n) is 8.86. The zero-order valence-electron chi connectivity index (χ0n) is 21.9. The zero-order chi connectivity index (χ0) is 24.3. The first-order chi connectivity index (χ1) is 16.1. The lowest BCUT2D eigenvalue weighted by atomic mass is 9.45. The lowest BCUT2D eigenvalue weighted by Gasteiger charge is -2.60. The molecule has 1 aromatic rings. The van der Waals surface area contributed by atoms with Crippen molar-refractivity contribution in [1.29, 1.82) is 0 Å². The highest BCUT2D eigenvalue weighted by molar-refractivity contribution is 5.79. The van der Waals surface area contributed by atoms with Crippen molar-refractivity contribution in [2.75, 3.05) is 0 Å². The molecule has 186 valence electrons. The first-order valence-corrected chi connectivity index (χ1v) is 13.7. The molecule has 0 spiro atoms. The van der Waals surface area contributed by atoms with Crippen LogP contribution in [0.2, 0.25) is 0 Å². The van der Waals surface area contributed by atoms with Crippen molar-refractivity contribution < 1.29 is 14.6 Å². The first kappa shape index (κ1) is 24.3. The number of aliphatic hydroxyl groups is 1. The minimum Gasteiger partial charge on any atom is -0.365 e. The molecule has 0 saturated heterocycles. The van der Waals surface area contributed by atoms with E-state index in [2.05, 4.69) is 58.0 Å². The van der Waals surface area contributed by atoms with Gasteiger partial charge in [0.2, 0.25) is 0 Å². The maximum Gasteiger partial charge on any atom is 0.169 e. The van der Waals surface area contributed by atoms with E-state index < -0.39 is 5.79 Å². The topological polar surface area (TPSA) is 46.5 Å². The second-order valence-corrected chi connectivity index (χ2v) is 12.7. The standard InChI is InChI=1S/C31H44O3/c1-6-23-17-24-18-31(33,34-19-22-9-7-20(2)8-10-22)16-15-29(24,4)27-13-14-30(5)25(21(3)32)11-12-26(30)28(23)27/h7-10,17,23,25-28,33H,6,11-16,18-19H2,1-5H3/t23?,25-,26+,27+,28+,29+,30-,31?/m1/s1. The van der Waals surface area contributed by atoms with E-state index in [4.69, 9.17) is 4.74 Å². The number of Topliss-reactive ketones (excluding diaryl/α,β-unsaturated/α-hetero) is 1. The molecule has 2 unspecified atom stereocenters. The van der Waals surface area contributed by atoms with Crippen molar-refractivity contribution in [2.45, 2.75) is 98.4 Å². The Morgan fingerprint density at radius 2 is 1.79 bits per heavy atom. The highest BCUT2D eigenvalue weighted by Crippen LogP contribution is 2.68. The van der Waals surface area contributed by atoms with Gasteiger partial charge in [-0.2, -0.15) is 0 Å². The number of benzene rings is 1. The Bertz CT molecular complexity index is 963. The van der Waals surface area contributed by atoms with Crippen molar-refractivity contribution in [2.24, 2.45) is 40.4 Å². The lowest BCUT2D eigenvalue weighted by molar-refractivity contribution is -0.232. The molecule has 3 fully saturated rings. The number of rotatable bonds is 5. The summed E-state index contributed by atoms with van der Waals surface area (Å²) < 4.78 is 6.20. The van der Waals surface area contributed by atoms with E-state index in [1.165, 1.54) is 30.4 Å². The van der Waals surface area contributed by atoms with Crippen molar-refractivity contribution >= 4 is 5.78 Å². The van der Waals surface area contributed by atoms with Crippen LogP contribution in [0.3, 0.4) is 0 Å². The Balaban J connectivity index is 1.39. The van der Waals surface area contributed by atoms with E-state index in [1.807, 2.05) is 6.92 Å². The molecule has 1 N–H and O–H groups in total. The molecule has 1 aromatic carbocycles. The van der Waals surface area contributed by atoms with Gasteiger partial charge in [0.1, 0.15) is 5.78 Å². The van der Waals surface area contributed by atoms with Crippen LogP contribution in [0.4, 0.5) is 0 Å². The molecule has 3 heteroatoms. The van der Waals surface area contributed by atoms with Gasteiger partial charge >= 0.3 is 0 Å². The fraction of sp³-hybridized carbons (Fsp3) is 0.710. The molecule has 5 rings (SSSR count). The molecule has 4 aliphatic rings. The summed E-state index contributed by atoms with van der Waals surface area (Å²) in [6, 6.07) is 8.40. The highest BCUT2D eigenvalue weighted by atomic mass is 16.6. The number of ketones is 1. The van der Waals surface area contributed by atoms with Crippen LogP contribution >= 0.6 is 0 Å². The third-order valence-corrected chi connectivity index (χ3v) is 10.9. The molecule has 0 aromatic heterocycles. The van der Waals surface area contributed by atoms with Crippen LogP contribution in [0, 0.1) is 47.3 Å². The van der Waals surface area contributed by atoms with Gasteiger partial charge in [-0.05, 0) is 92.4 Å². The van der Waals surface area contributed by atoms with Crippen LogP contribution < -0.4 is 0 Å². The Kier molecular flexibility index (Phi) is 6.13. The van der Waals surface area contributed by atoms with Gasteiger partial charge < -0.3 is 9.84 Å². The van der Waals surface area contributed by atoms with E-state index in [-0.39, 0.29) is 16.7 Å². The Morgan fingerprint density at radius 1 is 1.06 bits per heavy atom. The van der Waals surface area contributed by atoms with Gasteiger partial charge in [0, 0.05) is 18.8 Å². The van der Waals surface area contributed by atoms with Gasteiger partial charge in [-0.25, -0.2) is 0 Å². The van der Waals surface area contributed by atoms with E-state index in [1.54, 1.807) is 0 Å². The predicted molar refractivity (Wildman–Crippen MR) is 136 cm³/mol. The number of fused-ring (bicyclic) bond motifs is 5. The summed E-state index contributed by atoms with van der Waals surface area (Å²) in [6.07, 6.45) is 10.7. The molecule has 3 nitrogen and oxygen atoms in total. The number of aryl methyl sites for hydroxylation is 1. The van der Waals surface area contributed by atoms with Crippen molar-refractivity contribution in [3.05, 3.63) is 47.0 Å². The quantitative estimate of drug-likeness (QED) is 0.377. The van der Waals surface area contributed by atoms with Crippen molar-refractivity contribution in [3.8, 4) is 0 Å². The van der Waals surface area contributed by atoms with Gasteiger partial charge in [-0.15, -0.1) is 0 Å². The summed E-state index contributed by atoms with van der Waals surface area (Å²) in [5, 5.41) is 11.5. The lowest BCUT2D eigenvalue weighted by Crippen LogP contribution is -2.55. The van der Waals surface area contributed by atoms with Crippen LogP contribution in [-0.2, 0) is 16.1 Å². The molecule has 4 aliphatic carbocycles. The molecule has 0 radical (unpaired) electrons. The average molecular weight is 465 g/mol. The number of carbonyl (C=O) groups excluding carboxylic acids is 1. The molecule has 0 amide bonds. The van der Waals surface area contributed by atoms with E-state index >= 15 is 0 Å². The summed E-state index contributed by atoms with van der Waals surface area (Å²) in [4.78, 5) is 12.5. The molecule has 0 aliphatic heterocycles. The SMILES string of the molecule is CCC1C=C2CC(O)(OCc3ccc(C)cc3)CC[C@]2(C)[C@H]2CC[C@]3(C)[C@@H](C(C)=O)CC[C@H]3[C@H]12. The van der Waals surface area contributed by atoms with E-state index in [9.17, 15) is 9.90 Å². The second kappa shape index (κ2) is 8.59. The zero-order valence-corrected chi connectivity index (χ0v) is 21.9. The van der Waals surface area contributed by atoms with Crippen LogP contribution in [0.15, 0.2) is 35.9 Å². The third kappa shape index (κ3) is 3.82. The predicted octanol–water partition coefficient (Wildman–Crippen LogP) is 7.00. The number of ether oxygens (including phenoxy) is 1. The van der Waals surface area contributed by atoms with Crippen LogP contribution in [0.1, 0.15) is 90.2 Å². The smallest absolute Gasteiger partial charge is 0.169 e. The summed E-state index contributed by atoms with van der Waals surface area (Å²) >= 11 is 0. The first-order valence-electron chi connectivity index (χ1n) is 13.7. The van der Waals surface area contributed by atoms with Crippen molar-refractivity contribution in [3.63, 3.8) is 0 Å². The summed E-state index contributed by atoms with van der Waals surface area (Å²) in [5.41, 5.74) is 4.11. The van der Waals surface area contributed by atoms with Gasteiger partial charge in [0.25, 0.3) is 0 Å². The minimum absolute atomic E-state index is 0.144. The van der Waals surface area contributed by atoms with Gasteiger partial charge in [0.05, 0.1) is 6.61 Å². The maximum absolute atomic E-state index is 12.5. The van der Waals surface area contributed by atoms with E-state index in [0.717, 1.165) is 24.8 Å². The molecular formula is C31H44O3. The summed E-state index contributed by atoms with van der Waals surface area (Å²) in [5.74, 6) is 2.10. The largest absolute Gasteiger partial charge is 0.365 e. The van der Waals surface area contributed by atoms with Crippen molar-refractivity contribution in [1.82, 2.24) is 0 Å². The second-order valence-electron chi connectivity index (χ2n) is 12.7. The summed E-state index contributed by atoms with van der Waals surface area (Å²) in [6.45, 7) is 11.6. The third-order valence-electron chi connectivity index (χ3n) is 10.9. The summed E-state index contributed by atoms with van der Waals surface area (Å²) in [7, 11) is 0. The monoisotopic (exact) mass is 464 g/mol. The van der Waals surface area contributed by atoms with Crippen LogP contribution in [0.25, 0.3) is 0 Å². The molecular weight excluding hydrogens is 420 g/mol. The fourth-order valence-corrected chi connectivity index (χ4v) is 8.86. The Morgan fingerprint density at radius 3 is 2.47 bits per heavy atom. The average Bonchev–Trinajstić information content (AvgIpc) is 3.16. The minimum atomic E-state index is -1.07. The normalized spacial score (nSPS) is 43.5. The molecule has 0 bridgehead atoms. The number of hydrogen-bond acceptors (Lipinski definition) is 3. The van der Waals surface area contributed by atoms with Crippen LogP contribution in [-0.4, -0.2) is 16.7 Å². The molecule has 8 atom stereocenters. The number of allylic oxidation sites excluding steroid dienone is 1. The molecule has 3 saturated carbocycles. The van der Waals surface area contributed by atoms with Gasteiger partial charge in [-0.1, -0.05) is 62.2 Å². The maximum atomic E-state index is 12.5. The van der Waals surface area contributed by atoms with Gasteiger partial charge in [0.15, 0.2) is 5.79 Å². The molecule has 34 heavy (non-hydrogen) atoms. The highest BCUT2D eigenvalue weighted by Gasteiger charge is 2.61. The number of carbonyl (C=O) groups is 1.